The number of nitrogens with one attached hydrogen (secondary N) is 2. The Balaban J connectivity index is 2.33. The van der Waals surface area contributed by atoms with Gasteiger partial charge >= 0.3 is 0 Å². The number of aryl methyl sites for hydroxylation is 2. The van der Waals surface area contributed by atoms with Crippen LogP contribution >= 0.6 is 0 Å². The molecule has 112 valence electrons. The molecule has 0 aliphatic heterocycles. The molecule has 0 spiro atoms. The molecule has 0 atom stereocenters. The summed E-state index contributed by atoms with van der Waals surface area (Å²) in [4.78, 5) is 21.1. The maximum Gasteiger partial charge on any atom is 0.276 e. The van der Waals surface area contributed by atoms with Crippen molar-refractivity contribution in [3.63, 3.8) is 0 Å². The van der Waals surface area contributed by atoms with E-state index in [1.807, 2.05) is 27.8 Å². The van der Waals surface area contributed by atoms with Gasteiger partial charge in [-0.05, 0) is 6.92 Å². The molecule has 0 unspecified atom stereocenters. The fraction of sp³-hybridized carbons (Fsp3) is 0.429. The smallest absolute Gasteiger partial charge is 0.276 e. The number of hydrogen-bond acceptors (Lipinski definition) is 5. The molecule has 0 bridgehead atoms. The zero-order valence-electron chi connectivity index (χ0n) is 12.9. The summed E-state index contributed by atoms with van der Waals surface area (Å²) in [6.45, 7) is 5.82. The van der Waals surface area contributed by atoms with Gasteiger partial charge in [0, 0.05) is 26.2 Å². The van der Waals surface area contributed by atoms with Gasteiger partial charge in [0.2, 0.25) is 0 Å². The molecule has 7 nitrogen and oxygen atoms in total. The van der Waals surface area contributed by atoms with Crippen LogP contribution in [0.2, 0.25) is 0 Å². The molecule has 2 heterocycles. The lowest BCUT2D eigenvalue weighted by atomic mass is 10.2. The summed E-state index contributed by atoms with van der Waals surface area (Å²) in [5.41, 5.74) is 2.36. The molecule has 21 heavy (non-hydrogen) atoms. The molecule has 2 aromatic rings. The number of hydrogen-bond donors (Lipinski definition) is 2. The van der Waals surface area contributed by atoms with E-state index in [0.717, 1.165) is 5.69 Å². The van der Waals surface area contributed by atoms with Gasteiger partial charge < -0.3 is 10.6 Å². The first-order valence-electron chi connectivity index (χ1n) is 6.78. The second kappa shape index (κ2) is 5.90. The van der Waals surface area contributed by atoms with Crippen LogP contribution in [0.15, 0.2) is 12.4 Å². The van der Waals surface area contributed by atoms with Crippen LogP contribution in [0.5, 0.6) is 0 Å². The van der Waals surface area contributed by atoms with Crippen molar-refractivity contribution < 1.29 is 4.79 Å². The number of aromatic nitrogens is 4. The molecule has 2 rings (SSSR count). The number of amides is 1. The lowest BCUT2D eigenvalue weighted by Gasteiger charge is -2.11. The van der Waals surface area contributed by atoms with Crippen LogP contribution in [0, 0.1) is 6.92 Å². The van der Waals surface area contributed by atoms with Gasteiger partial charge in [-0.15, -0.1) is 0 Å². The van der Waals surface area contributed by atoms with Gasteiger partial charge in [0.25, 0.3) is 5.91 Å². The molecular weight excluding hydrogens is 268 g/mol. The quantitative estimate of drug-likeness (QED) is 0.898. The summed E-state index contributed by atoms with van der Waals surface area (Å²) in [5, 5.41) is 9.98. The lowest BCUT2D eigenvalue weighted by Crippen LogP contribution is -2.18. The van der Waals surface area contributed by atoms with E-state index in [1.54, 1.807) is 24.1 Å². The topological polar surface area (TPSA) is 84.7 Å². The largest absolute Gasteiger partial charge is 0.385 e. The minimum absolute atomic E-state index is 0.155. The highest BCUT2D eigenvalue weighted by atomic mass is 16.1. The SMILES string of the molecule is CNc1cnc(C(C)C)nc1C(=O)Nc1cn(C)nc1C. The highest BCUT2D eigenvalue weighted by Crippen LogP contribution is 2.18. The zero-order chi connectivity index (χ0) is 15.6. The summed E-state index contributed by atoms with van der Waals surface area (Å²) in [6.07, 6.45) is 3.39. The number of rotatable bonds is 4. The second-order valence-electron chi connectivity index (χ2n) is 5.15. The molecule has 0 radical (unpaired) electrons. The van der Waals surface area contributed by atoms with E-state index in [2.05, 4.69) is 25.7 Å². The summed E-state index contributed by atoms with van der Waals surface area (Å²) in [5.74, 6) is 0.518. The van der Waals surface area contributed by atoms with Crippen LogP contribution in [-0.4, -0.2) is 32.7 Å². The Morgan fingerprint density at radius 2 is 2.05 bits per heavy atom. The molecule has 2 aromatic heterocycles. The lowest BCUT2D eigenvalue weighted by molar-refractivity contribution is 0.102. The van der Waals surface area contributed by atoms with Crippen molar-refractivity contribution >= 4 is 17.3 Å². The van der Waals surface area contributed by atoms with E-state index in [9.17, 15) is 4.79 Å². The Bertz CT molecular complexity index is 661. The highest BCUT2D eigenvalue weighted by Gasteiger charge is 2.17. The van der Waals surface area contributed by atoms with Gasteiger partial charge in [-0.2, -0.15) is 5.10 Å². The Labute approximate surface area is 123 Å². The summed E-state index contributed by atoms with van der Waals surface area (Å²) < 4.78 is 1.66. The van der Waals surface area contributed by atoms with Crippen molar-refractivity contribution in [2.75, 3.05) is 17.7 Å². The Hall–Kier alpha value is -2.44. The van der Waals surface area contributed by atoms with Gasteiger partial charge in [-0.25, -0.2) is 9.97 Å². The second-order valence-corrected chi connectivity index (χ2v) is 5.15. The predicted molar refractivity (Wildman–Crippen MR) is 81.6 cm³/mol. The standard InChI is InChI=1S/C14H20N6O/c1-8(2)13-16-6-10(15-4)12(18-13)14(21)17-11-7-20(5)19-9(11)3/h6-8,15H,1-5H3,(H,17,21). The van der Waals surface area contributed by atoms with Crippen molar-refractivity contribution in [2.45, 2.75) is 26.7 Å². The fourth-order valence-corrected chi connectivity index (χ4v) is 1.93. The average molecular weight is 288 g/mol. The maximum absolute atomic E-state index is 12.5. The third-order valence-electron chi connectivity index (χ3n) is 3.07. The summed E-state index contributed by atoms with van der Waals surface area (Å²) in [6, 6.07) is 0. The third kappa shape index (κ3) is 3.18. The van der Waals surface area contributed by atoms with Crippen molar-refractivity contribution in [3.8, 4) is 0 Å². The van der Waals surface area contributed by atoms with Gasteiger partial charge in [0.15, 0.2) is 5.69 Å². The first-order chi connectivity index (χ1) is 9.92. The van der Waals surface area contributed by atoms with E-state index in [0.29, 0.717) is 22.9 Å². The Kier molecular flexibility index (Phi) is 4.21. The monoisotopic (exact) mass is 288 g/mol. The first kappa shape index (κ1) is 15.0. The molecule has 0 aliphatic carbocycles. The van der Waals surface area contributed by atoms with E-state index < -0.39 is 0 Å². The summed E-state index contributed by atoms with van der Waals surface area (Å²) in [7, 11) is 3.54. The van der Waals surface area contributed by atoms with E-state index in [-0.39, 0.29) is 11.8 Å². The van der Waals surface area contributed by atoms with Gasteiger partial charge in [-0.3, -0.25) is 9.48 Å². The van der Waals surface area contributed by atoms with Gasteiger partial charge in [0.1, 0.15) is 5.82 Å². The van der Waals surface area contributed by atoms with Crippen LogP contribution in [0.25, 0.3) is 0 Å². The molecule has 0 fully saturated rings. The van der Waals surface area contributed by atoms with Crippen molar-refractivity contribution in [2.24, 2.45) is 7.05 Å². The summed E-state index contributed by atoms with van der Waals surface area (Å²) >= 11 is 0. The third-order valence-corrected chi connectivity index (χ3v) is 3.07. The van der Waals surface area contributed by atoms with Crippen molar-refractivity contribution in [1.29, 1.82) is 0 Å². The Morgan fingerprint density at radius 1 is 1.33 bits per heavy atom. The van der Waals surface area contributed by atoms with Crippen LogP contribution < -0.4 is 10.6 Å². The Morgan fingerprint density at radius 3 is 2.57 bits per heavy atom. The zero-order valence-corrected chi connectivity index (χ0v) is 12.9. The highest BCUT2D eigenvalue weighted by molar-refractivity contribution is 6.06. The van der Waals surface area contributed by atoms with Crippen LogP contribution in [0.3, 0.4) is 0 Å². The minimum atomic E-state index is -0.278. The minimum Gasteiger partial charge on any atom is -0.385 e. The molecule has 0 aromatic carbocycles. The van der Waals surface area contributed by atoms with Gasteiger partial charge in [0.05, 0.1) is 23.3 Å². The molecule has 0 saturated heterocycles. The molecule has 1 amide bonds. The maximum atomic E-state index is 12.5. The number of anilines is 2. The molecule has 0 aliphatic rings. The van der Waals surface area contributed by atoms with Crippen LogP contribution in [0.1, 0.15) is 41.8 Å². The average Bonchev–Trinajstić information content (AvgIpc) is 2.75. The van der Waals surface area contributed by atoms with E-state index in [1.165, 1.54) is 0 Å². The van der Waals surface area contributed by atoms with Gasteiger partial charge in [-0.1, -0.05) is 13.8 Å². The van der Waals surface area contributed by atoms with Crippen molar-refractivity contribution in [1.82, 2.24) is 19.7 Å². The molecule has 2 N–H and O–H groups in total. The van der Waals surface area contributed by atoms with Crippen LogP contribution in [-0.2, 0) is 7.05 Å². The number of nitrogens with zero attached hydrogens (tertiary/aromatic N) is 4. The number of carbonyl (C=O) groups excluding carboxylic acids is 1. The number of carbonyl (C=O) groups is 1. The van der Waals surface area contributed by atoms with Crippen LogP contribution in [0.4, 0.5) is 11.4 Å². The predicted octanol–water partition coefficient (Wildman–Crippen LogP) is 1.94. The first-order valence-corrected chi connectivity index (χ1v) is 6.78. The van der Waals surface area contributed by atoms with Crippen molar-refractivity contribution in [3.05, 3.63) is 29.6 Å². The normalized spacial score (nSPS) is 10.8. The van der Waals surface area contributed by atoms with E-state index >= 15 is 0 Å². The molecule has 7 heteroatoms. The molecule has 0 saturated carbocycles. The van der Waals surface area contributed by atoms with E-state index in [4.69, 9.17) is 0 Å². The fourth-order valence-electron chi connectivity index (χ4n) is 1.93. The molecular formula is C14H20N6O.